The van der Waals surface area contributed by atoms with Crippen molar-refractivity contribution in [1.29, 1.82) is 0 Å². The molecule has 202 valence electrons. The Bertz CT molecular complexity index is 862. The van der Waals surface area contributed by atoms with Gasteiger partial charge >= 0.3 is 23.9 Å². The van der Waals surface area contributed by atoms with Crippen LogP contribution in [0, 0.1) is 0 Å². The molecule has 0 spiro atoms. The second-order valence-electron chi connectivity index (χ2n) is 7.42. The number of hydrogen-bond donors (Lipinski definition) is 9. The lowest BCUT2D eigenvalue weighted by Crippen LogP contribution is -2.53. The molecule has 0 aromatic heterocycles. The minimum atomic E-state index is -1.53. The van der Waals surface area contributed by atoms with Crippen LogP contribution in [0.2, 0.25) is 0 Å². The van der Waals surface area contributed by atoms with Gasteiger partial charge in [-0.2, -0.15) is 0 Å². The highest BCUT2D eigenvalue weighted by Crippen LogP contribution is 2.00. The minimum absolute atomic E-state index is 0.187. The second-order valence-corrected chi connectivity index (χ2v) is 7.42. The van der Waals surface area contributed by atoms with E-state index in [1.807, 2.05) is 5.32 Å². The zero-order valence-electron chi connectivity index (χ0n) is 19.0. The number of hydrogen-bond acceptors (Lipinski definition) is 9. The topological polar surface area (TPSA) is 292 Å². The van der Waals surface area contributed by atoms with Crippen molar-refractivity contribution in [3.8, 4) is 0 Å². The molecular formula is C19H29N5O12. The van der Waals surface area contributed by atoms with Crippen molar-refractivity contribution in [1.82, 2.24) is 21.3 Å². The third-order valence-corrected chi connectivity index (χ3v) is 4.43. The van der Waals surface area contributed by atoms with Crippen LogP contribution in [-0.2, 0) is 38.4 Å². The number of nitrogens with one attached hydrogen (secondary N) is 4. The normalized spacial score (nSPS) is 12.8. The first-order valence-electron chi connectivity index (χ1n) is 10.5. The van der Waals surface area contributed by atoms with Crippen LogP contribution >= 0.6 is 0 Å². The average Bonchev–Trinajstić information content (AvgIpc) is 2.78. The van der Waals surface area contributed by atoms with Crippen LogP contribution < -0.4 is 27.0 Å². The summed E-state index contributed by atoms with van der Waals surface area (Å²) in [4.78, 5) is 91.3. The SMILES string of the molecule is N[C@@H](CCC(=O)O)C(=O)NCC(=O)N[C@@H](CCC(=O)O)C(=O)NCC(=O)N[C@@H](CCC(=O)O)C(=O)O. The lowest BCUT2D eigenvalue weighted by molar-refractivity contribution is -0.143. The molecule has 10 N–H and O–H groups in total. The standard InChI is InChI=1S/C19H29N5O12/c20-9(1-4-14(27)28)17(33)21-7-12(25)23-10(2-5-15(29)30)18(34)22-8-13(26)24-11(19(35)36)3-6-16(31)32/h9-11H,1-8,20H2,(H,21,33)(H,22,34)(H,23,25)(H,24,26)(H,27,28)(H,29,30)(H,31,32)(H,35,36)/t9-,10-,11-/m0/s1. The Morgan fingerprint density at radius 3 is 1.42 bits per heavy atom. The Balaban J connectivity index is 4.87. The predicted octanol–water partition coefficient (Wildman–Crippen LogP) is -3.81. The summed E-state index contributed by atoms with van der Waals surface area (Å²) < 4.78 is 0. The summed E-state index contributed by atoms with van der Waals surface area (Å²) in [5.74, 6) is -8.94. The van der Waals surface area contributed by atoms with Gasteiger partial charge in [0.2, 0.25) is 23.6 Å². The number of nitrogens with two attached hydrogens (primary N) is 1. The number of rotatable bonds is 18. The fraction of sp³-hybridized carbons (Fsp3) is 0.579. The minimum Gasteiger partial charge on any atom is -0.481 e. The summed E-state index contributed by atoms with van der Waals surface area (Å²) in [7, 11) is 0. The van der Waals surface area contributed by atoms with Crippen molar-refractivity contribution in [2.75, 3.05) is 13.1 Å². The van der Waals surface area contributed by atoms with E-state index in [-0.39, 0.29) is 12.8 Å². The molecule has 0 saturated carbocycles. The summed E-state index contributed by atoms with van der Waals surface area (Å²) in [5, 5.41) is 43.5. The van der Waals surface area contributed by atoms with E-state index in [1.165, 1.54) is 0 Å². The van der Waals surface area contributed by atoms with Crippen molar-refractivity contribution < 1.29 is 58.8 Å². The summed E-state index contributed by atoms with van der Waals surface area (Å²) in [5.41, 5.74) is 5.50. The molecule has 0 fully saturated rings. The highest BCUT2D eigenvalue weighted by atomic mass is 16.4. The molecule has 0 heterocycles. The zero-order chi connectivity index (χ0) is 27.8. The molecule has 0 aliphatic rings. The van der Waals surface area contributed by atoms with Gasteiger partial charge in [-0.1, -0.05) is 0 Å². The molecule has 0 bridgehead atoms. The number of carboxylic acids is 4. The maximum atomic E-state index is 12.4. The fourth-order valence-corrected chi connectivity index (χ4v) is 2.55. The first kappa shape index (κ1) is 31.7. The number of carbonyl (C=O) groups excluding carboxylic acids is 4. The van der Waals surface area contributed by atoms with Gasteiger partial charge in [-0.25, -0.2) is 4.79 Å². The average molecular weight is 519 g/mol. The van der Waals surface area contributed by atoms with Gasteiger partial charge in [0.15, 0.2) is 0 Å². The quantitative estimate of drug-likeness (QED) is 0.0840. The molecule has 0 aromatic rings. The Labute approximate surface area is 203 Å². The monoisotopic (exact) mass is 519 g/mol. The maximum absolute atomic E-state index is 12.4. The first-order chi connectivity index (χ1) is 16.7. The third-order valence-electron chi connectivity index (χ3n) is 4.43. The van der Waals surface area contributed by atoms with Crippen LogP contribution in [0.5, 0.6) is 0 Å². The molecule has 0 unspecified atom stereocenters. The molecule has 0 aliphatic carbocycles. The van der Waals surface area contributed by atoms with Crippen LogP contribution in [0.25, 0.3) is 0 Å². The molecule has 0 aromatic carbocycles. The predicted molar refractivity (Wildman–Crippen MR) is 116 cm³/mol. The molecule has 3 atom stereocenters. The fourth-order valence-electron chi connectivity index (χ4n) is 2.55. The Kier molecular flexibility index (Phi) is 14.4. The van der Waals surface area contributed by atoms with E-state index in [0.29, 0.717) is 0 Å². The van der Waals surface area contributed by atoms with E-state index in [2.05, 4.69) is 16.0 Å². The Morgan fingerprint density at radius 1 is 0.583 bits per heavy atom. The molecule has 17 nitrogen and oxygen atoms in total. The van der Waals surface area contributed by atoms with Crippen LogP contribution in [-0.4, -0.2) is 99.1 Å². The lowest BCUT2D eigenvalue weighted by atomic mass is 10.1. The number of carbonyl (C=O) groups is 8. The Morgan fingerprint density at radius 2 is 0.972 bits per heavy atom. The zero-order valence-corrected chi connectivity index (χ0v) is 19.0. The highest BCUT2D eigenvalue weighted by Gasteiger charge is 2.25. The summed E-state index contributed by atoms with van der Waals surface area (Å²) in [6.07, 6.45) is -2.45. The van der Waals surface area contributed by atoms with Crippen molar-refractivity contribution in [3.63, 3.8) is 0 Å². The van der Waals surface area contributed by atoms with E-state index in [0.717, 1.165) is 0 Å². The largest absolute Gasteiger partial charge is 0.481 e. The molecule has 4 amide bonds. The third kappa shape index (κ3) is 14.8. The molecule has 0 rings (SSSR count). The van der Waals surface area contributed by atoms with E-state index >= 15 is 0 Å². The number of carboxylic acid groups (broad SMARTS) is 4. The van der Waals surface area contributed by atoms with Crippen LogP contribution in [0.1, 0.15) is 38.5 Å². The van der Waals surface area contributed by atoms with Gasteiger partial charge in [-0.15, -0.1) is 0 Å². The number of aliphatic carboxylic acids is 4. The molecule has 0 radical (unpaired) electrons. The van der Waals surface area contributed by atoms with Crippen molar-refractivity contribution in [2.45, 2.75) is 56.7 Å². The molecule has 36 heavy (non-hydrogen) atoms. The maximum Gasteiger partial charge on any atom is 0.326 e. The van der Waals surface area contributed by atoms with E-state index in [9.17, 15) is 38.4 Å². The lowest BCUT2D eigenvalue weighted by Gasteiger charge is -2.19. The van der Waals surface area contributed by atoms with Gasteiger partial charge in [0.05, 0.1) is 19.1 Å². The second kappa shape index (κ2) is 16.4. The summed E-state index contributed by atoms with van der Waals surface area (Å²) >= 11 is 0. The van der Waals surface area contributed by atoms with E-state index in [1.54, 1.807) is 0 Å². The Hall–Kier alpha value is -4.28. The van der Waals surface area contributed by atoms with Crippen molar-refractivity contribution >= 4 is 47.5 Å². The molecule has 0 aliphatic heterocycles. The highest BCUT2D eigenvalue weighted by molar-refractivity contribution is 5.93. The van der Waals surface area contributed by atoms with Gasteiger partial charge in [0, 0.05) is 19.3 Å². The first-order valence-corrected chi connectivity index (χ1v) is 10.5. The number of amides is 4. The van der Waals surface area contributed by atoms with Gasteiger partial charge in [0.25, 0.3) is 0 Å². The van der Waals surface area contributed by atoms with Crippen molar-refractivity contribution in [2.24, 2.45) is 5.73 Å². The summed E-state index contributed by atoms with van der Waals surface area (Å²) in [6.45, 7) is -1.43. The smallest absolute Gasteiger partial charge is 0.326 e. The molecule has 0 saturated heterocycles. The van der Waals surface area contributed by atoms with E-state index < -0.39 is 104 Å². The van der Waals surface area contributed by atoms with Gasteiger partial charge < -0.3 is 47.4 Å². The van der Waals surface area contributed by atoms with Crippen molar-refractivity contribution in [3.05, 3.63) is 0 Å². The van der Waals surface area contributed by atoms with Crippen LogP contribution in [0.4, 0.5) is 0 Å². The van der Waals surface area contributed by atoms with Crippen LogP contribution in [0.3, 0.4) is 0 Å². The van der Waals surface area contributed by atoms with Gasteiger partial charge in [0.1, 0.15) is 12.1 Å². The van der Waals surface area contributed by atoms with Gasteiger partial charge in [-0.05, 0) is 19.3 Å². The molecular weight excluding hydrogens is 490 g/mol. The van der Waals surface area contributed by atoms with E-state index in [4.69, 9.17) is 26.2 Å². The summed E-state index contributed by atoms with van der Waals surface area (Å²) in [6, 6.07) is -4.18. The van der Waals surface area contributed by atoms with Gasteiger partial charge in [-0.3, -0.25) is 33.6 Å². The molecule has 17 heteroatoms. The van der Waals surface area contributed by atoms with Crippen LogP contribution in [0.15, 0.2) is 0 Å².